The van der Waals surface area contributed by atoms with Gasteiger partial charge in [-0.3, -0.25) is 0 Å². The second-order valence-corrected chi connectivity index (χ2v) is 29.9. The molecule has 0 aromatic carbocycles. The molecular formula is C46H88N8O18Si4. The van der Waals surface area contributed by atoms with Crippen LogP contribution in [-0.2, 0) is 93.8 Å². The Morgan fingerprint density at radius 2 is 0.974 bits per heavy atom. The van der Waals surface area contributed by atoms with E-state index in [4.69, 9.17) is 67.6 Å². The van der Waals surface area contributed by atoms with Gasteiger partial charge < -0.3 is 101 Å². The molecule has 1 aliphatic rings. The fraction of sp³-hybridized carbons (Fsp3) is 0.739. The van der Waals surface area contributed by atoms with E-state index in [1.165, 1.54) is 0 Å². The van der Waals surface area contributed by atoms with Gasteiger partial charge in [-0.2, -0.15) is 0 Å². The Labute approximate surface area is 453 Å². The molecule has 436 valence electrons. The summed E-state index contributed by atoms with van der Waals surface area (Å²) in [5.41, 5.74) is 0. The summed E-state index contributed by atoms with van der Waals surface area (Å²) in [5.74, 6) is 0. The zero-order valence-corrected chi connectivity index (χ0v) is 50.1. The second kappa shape index (κ2) is 38.6. The van der Waals surface area contributed by atoms with Crippen LogP contribution in [-0.4, -0.2) is 236 Å². The molecule has 0 bridgehead atoms. The molecule has 4 aromatic heterocycles. The van der Waals surface area contributed by atoms with E-state index in [9.17, 15) is 15.3 Å². The topological polar surface area (TPSA) is 270 Å². The van der Waals surface area contributed by atoms with Crippen LogP contribution in [0.4, 0.5) is 0 Å². The summed E-state index contributed by atoms with van der Waals surface area (Å²) in [6.45, 7) is 5.67. The average molecular weight is 1150 g/mol. The van der Waals surface area contributed by atoms with E-state index in [0.717, 1.165) is 25.3 Å². The van der Waals surface area contributed by atoms with E-state index in [1.807, 2.05) is 30.7 Å². The summed E-state index contributed by atoms with van der Waals surface area (Å²) in [4.78, 5) is 16.0. The smallest absolute Gasteiger partial charge is 0.396 e. The standard InChI is InChI=1S/C23H44N4O9Si2.C12H24N2O5Si.C11H20N2O4Si/c1-29-37(30-2,31-3)14-6-13-35-19-23(17-27-11-9-25-21-27)36-38(32-4,33-5)15-7-12-34-18-22(28)16-26-10-8-24-20-26;1-16-20(17-2,18-3)8-4-7-19-10-12(15)9-14-6-5-13-11-14;1-15-18(10-14)6-2-5-16-8-11(17-18)7-13-4-3-12-9-13/h8-11,20-23,28H,6-7,12-19H2,1-5H3;5-6,11-12,15H,4,7-10H2,1-3H3;3-4,9,11,14H,2,5-8,10H2,1H3. The van der Waals surface area contributed by atoms with Gasteiger partial charge in [-0.25, -0.2) is 19.9 Å². The van der Waals surface area contributed by atoms with Crippen LogP contribution in [0, 0.1) is 0 Å². The molecule has 1 fully saturated rings. The van der Waals surface area contributed by atoms with Gasteiger partial charge in [0.15, 0.2) is 0 Å². The molecule has 4 aromatic rings. The van der Waals surface area contributed by atoms with Crippen molar-refractivity contribution < 1.29 is 83.0 Å². The van der Waals surface area contributed by atoms with E-state index in [0.29, 0.717) is 97.0 Å². The Bertz CT molecular complexity index is 1910. The van der Waals surface area contributed by atoms with Crippen LogP contribution < -0.4 is 0 Å². The number of aliphatic hydroxyl groups is 3. The van der Waals surface area contributed by atoms with Crippen molar-refractivity contribution in [2.45, 2.75) is 100 Å². The lowest BCUT2D eigenvalue weighted by Gasteiger charge is -2.34. The van der Waals surface area contributed by atoms with E-state index >= 15 is 0 Å². The van der Waals surface area contributed by atoms with Gasteiger partial charge >= 0.3 is 35.0 Å². The van der Waals surface area contributed by atoms with Gasteiger partial charge in [-0.1, -0.05) is 0 Å². The highest BCUT2D eigenvalue weighted by Gasteiger charge is 2.42. The highest BCUT2D eigenvalue weighted by Crippen LogP contribution is 2.22. The van der Waals surface area contributed by atoms with Gasteiger partial charge in [0.2, 0.25) is 0 Å². The first-order chi connectivity index (χ1) is 36.9. The summed E-state index contributed by atoms with van der Waals surface area (Å²) in [6.07, 6.45) is 22.4. The molecule has 3 N–H and O–H groups in total. The summed E-state index contributed by atoms with van der Waals surface area (Å²) in [5, 5.41) is 29.5. The minimum Gasteiger partial charge on any atom is -0.396 e. The molecule has 26 nitrogen and oxygen atoms in total. The lowest BCUT2D eigenvalue weighted by Crippen LogP contribution is -2.51. The monoisotopic (exact) mass is 1150 g/mol. The first kappa shape index (κ1) is 67.3. The van der Waals surface area contributed by atoms with Crippen LogP contribution in [0.2, 0.25) is 24.2 Å². The van der Waals surface area contributed by atoms with Crippen LogP contribution in [0.15, 0.2) is 74.9 Å². The zero-order chi connectivity index (χ0) is 55.4. The van der Waals surface area contributed by atoms with Gasteiger partial charge in [0.1, 0.15) is 0 Å². The highest BCUT2D eigenvalue weighted by molar-refractivity contribution is 6.67. The summed E-state index contributed by atoms with van der Waals surface area (Å²) in [6, 6.07) is 2.66. The third-order valence-electron chi connectivity index (χ3n) is 12.1. The van der Waals surface area contributed by atoms with Crippen molar-refractivity contribution in [1.82, 2.24) is 38.2 Å². The van der Waals surface area contributed by atoms with Gasteiger partial charge in [-0.15, -0.1) is 0 Å². The van der Waals surface area contributed by atoms with E-state index in [-0.39, 0.29) is 25.0 Å². The normalized spacial score (nSPS) is 17.7. The van der Waals surface area contributed by atoms with E-state index in [1.54, 1.807) is 126 Å². The lowest BCUT2D eigenvalue weighted by atomic mass is 10.4. The van der Waals surface area contributed by atoms with Gasteiger partial charge in [0.25, 0.3) is 0 Å². The predicted molar refractivity (Wildman–Crippen MR) is 285 cm³/mol. The Morgan fingerprint density at radius 3 is 1.37 bits per heavy atom. The number of aliphatic hydroxyl groups excluding tert-OH is 3. The maximum atomic E-state index is 10.1. The fourth-order valence-corrected chi connectivity index (χ4v) is 15.6. The van der Waals surface area contributed by atoms with Gasteiger partial charge in [0, 0.05) is 158 Å². The third-order valence-corrected chi connectivity index (χ3v) is 23.8. The molecule has 5 atom stereocenters. The molecule has 5 heterocycles. The van der Waals surface area contributed by atoms with Crippen LogP contribution in [0.1, 0.15) is 25.7 Å². The van der Waals surface area contributed by atoms with Crippen LogP contribution in [0.5, 0.6) is 0 Å². The Morgan fingerprint density at radius 1 is 0.566 bits per heavy atom. The quantitative estimate of drug-likeness (QED) is 0.0429. The predicted octanol–water partition coefficient (Wildman–Crippen LogP) is 2.29. The first-order valence-electron chi connectivity index (χ1n) is 25.3. The molecular weight excluding hydrogens is 1060 g/mol. The first-order valence-corrected chi connectivity index (χ1v) is 33.3. The molecule has 1 saturated heterocycles. The van der Waals surface area contributed by atoms with Gasteiger partial charge in [0.05, 0.1) is 109 Å². The summed E-state index contributed by atoms with van der Waals surface area (Å²) in [7, 11) is 3.80. The maximum Gasteiger partial charge on any atom is 0.500 e. The molecule has 1 aliphatic heterocycles. The average Bonchev–Trinajstić information content (AvgIpc) is 4.32. The van der Waals surface area contributed by atoms with Gasteiger partial charge in [-0.05, 0) is 31.7 Å². The second-order valence-electron chi connectivity index (χ2n) is 17.5. The zero-order valence-electron chi connectivity index (χ0n) is 46.1. The van der Waals surface area contributed by atoms with Crippen molar-refractivity contribution in [3.8, 4) is 0 Å². The molecule has 0 aliphatic carbocycles. The van der Waals surface area contributed by atoms with Crippen molar-refractivity contribution in [3.05, 3.63) is 74.9 Å². The number of imidazole rings is 4. The molecule has 5 unspecified atom stereocenters. The van der Waals surface area contributed by atoms with Crippen molar-refractivity contribution in [1.29, 1.82) is 0 Å². The largest absolute Gasteiger partial charge is 0.500 e. The highest BCUT2D eigenvalue weighted by atomic mass is 28.4. The van der Waals surface area contributed by atoms with Crippen molar-refractivity contribution in [2.75, 3.05) is 123 Å². The maximum absolute atomic E-state index is 10.1. The summed E-state index contributed by atoms with van der Waals surface area (Å²) >= 11 is 0. The lowest BCUT2D eigenvalue weighted by molar-refractivity contribution is -0.0103. The minimum atomic E-state index is -3.01. The molecule has 0 radical (unpaired) electrons. The van der Waals surface area contributed by atoms with Crippen molar-refractivity contribution in [3.63, 3.8) is 0 Å². The van der Waals surface area contributed by atoms with E-state index in [2.05, 4.69) is 19.9 Å². The third kappa shape index (κ3) is 25.4. The number of hydrogen-bond donors (Lipinski definition) is 3. The van der Waals surface area contributed by atoms with Crippen LogP contribution >= 0.6 is 0 Å². The minimum absolute atomic E-state index is 0.00999. The molecule has 0 amide bonds. The molecule has 76 heavy (non-hydrogen) atoms. The Balaban J connectivity index is 0.000000334. The van der Waals surface area contributed by atoms with Crippen LogP contribution in [0.3, 0.4) is 0 Å². The molecule has 0 saturated carbocycles. The number of rotatable bonds is 38. The van der Waals surface area contributed by atoms with Crippen molar-refractivity contribution in [2.24, 2.45) is 0 Å². The number of nitrogens with zero attached hydrogens (tertiary/aromatic N) is 8. The number of hydrogen-bond acceptors (Lipinski definition) is 22. The SMILES string of the molecule is CO[Si](CCCOCC(Cn1ccnc1)O[Si](CCCOCC(O)Cn1ccnc1)(OC)OC)(OC)OC.CO[Si](CCCOCC(O)Cn1ccnc1)(OC)OC.CO[Si]1(CO)CCCOCC(Cn2ccnc2)O1. The summed E-state index contributed by atoms with van der Waals surface area (Å²) < 4.78 is 92.1. The number of ether oxygens (including phenoxy) is 4. The number of aromatic nitrogens is 8. The van der Waals surface area contributed by atoms with Crippen molar-refractivity contribution >= 4 is 35.0 Å². The Hall–Kier alpha value is -3.01. The molecule has 5 rings (SSSR count). The molecule has 30 heteroatoms. The Kier molecular flexibility index (Phi) is 34.1. The fourth-order valence-electron chi connectivity index (χ4n) is 7.88. The molecule has 0 spiro atoms. The van der Waals surface area contributed by atoms with Crippen LogP contribution in [0.25, 0.3) is 0 Å². The van der Waals surface area contributed by atoms with E-state index < -0.39 is 47.2 Å².